The zero-order valence-electron chi connectivity index (χ0n) is 16.6. The number of carbonyl (C=O) groups excluding carboxylic acids is 1. The Morgan fingerprint density at radius 2 is 1.96 bits per heavy atom. The molecule has 2 N–H and O–H groups in total. The van der Waals surface area contributed by atoms with Crippen molar-refractivity contribution in [2.75, 3.05) is 32.7 Å². The Kier molecular flexibility index (Phi) is 10.4. The number of benzene rings is 1. The molecule has 27 heavy (non-hydrogen) atoms. The summed E-state index contributed by atoms with van der Waals surface area (Å²) in [6, 6.07) is 7.97. The number of hydrogen-bond acceptors (Lipinski definition) is 2. The van der Waals surface area contributed by atoms with Gasteiger partial charge in [0.15, 0.2) is 5.96 Å². The maximum absolute atomic E-state index is 11.6. The topological polar surface area (TPSA) is 56.7 Å². The molecule has 1 aliphatic rings. The molecular formula is C20H32ClIN4O. The number of nitrogens with one attached hydrogen (secondary N) is 2. The van der Waals surface area contributed by atoms with Crippen molar-refractivity contribution in [3.05, 3.63) is 34.9 Å². The van der Waals surface area contributed by atoms with Crippen LogP contribution < -0.4 is 10.6 Å². The van der Waals surface area contributed by atoms with Crippen molar-refractivity contribution >= 4 is 47.4 Å². The number of amides is 1. The molecule has 1 aromatic carbocycles. The van der Waals surface area contributed by atoms with E-state index in [1.165, 1.54) is 5.56 Å². The highest BCUT2D eigenvalue weighted by atomic mass is 127. The average molecular weight is 507 g/mol. The lowest BCUT2D eigenvalue weighted by atomic mass is 9.85. The zero-order chi connectivity index (χ0) is 19.0. The first-order chi connectivity index (χ1) is 12.4. The van der Waals surface area contributed by atoms with Crippen LogP contribution in [0.3, 0.4) is 0 Å². The molecule has 1 aromatic rings. The first-order valence-corrected chi connectivity index (χ1v) is 9.86. The molecule has 1 saturated heterocycles. The standard InChI is InChI=1S/C20H31ClN4O.HI/c1-4-22-19(23-12-6-14-25-13-5-7-18(25)26)24-15-20(2,3)16-8-10-17(21)11-9-16;/h8-11H,4-7,12-15H2,1-3H3,(H2,22,23,24);1H. The van der Waals surface area contributed by atoms with E-state index in [9.17, 15) is 4.79 Å². The van der Waals surface area contributed by atoms with E-state index in [-0.39, 0.29) is 35.3 Å². The van der Waals surface area contributed by atoms with E-state index in [2.05, 4.69) is 43.5 Å². The number of nitrogens with zero attached hydrogens (tertiary/aromatic N) is 2. The summed E-state index contributed by atoms with van der Waals surface area (Å²) in [4.78, 5) is 18.3. The molecule has 0 saturated carbocycles. The summed E-state index contributed by atoms with van der Waals surface area (Å²) in [6.45, 7) is 10.4. The summed E-state index contributed by atoms with van der Waals surface area (Å²) >= 11 is 5.99. The summed E-state index contributed by atoms with van der Waals surface area (Å²) in [5.74, 6) is 1.11. The van der Waals surface area contributed by atoms with Crippen molar-refractivity contribution in [2.24, 2.45) is 4.99 Å². The first-order valence-electron chi connectivity index (χ1n) is 9.48. The lowest BCUT2D eigenvalue weighted by Gasteiger charge is -2.24. The fourth-order valence-corrected chi connectivity index (χ4v) is 3.15. The maximum atomic E-state index is 11.6. The Hall–Kier alpha value is -1.02. The number of likely N-dealkylation sites (tertiary alicyclic amines) is 1. The van der Waals surface area contributed by atoms with Gasteiger partial charge in [-0.2, -0.15) is 0 Å². The molecule has 1 aliphatic heterocycles. The second kappa shape index (κ2) is 11.7. The summed E-state index contributed by atoms with van der Waals surface area (Å²) < 4.78 is 0. The van der Waals surface area contributed by atoms with Gasteiger partial charge in [0.25, 0.3) is 0 Å². The monoisotopic (exact) mass is 506 g/mol. The minimum atomic E-state index is -0.0745. The minimum Gasteiger partial charge on any atom is -0.357 e. The SMILES string of the molecule is CCNC(=NCC(C)(C)c1ccc(Cl)cc1)NCCCN1CCCC1=O.I. The van der Waals surface area contributed by atoms with E-state index >= 15 is 0 Å². The van der Waals surface area contributed by atoms with Gasteiger partial charge in [-0.15, -0.1) is 24.0 Å². The second-order valence-corrected chi connectivity index (χ2v) is 7.79. The van der Waals surface area contributed by atoms with Crippen molar-refractivity contribution in [3.63, 3.8) is 0 Å². The minimum absolute atomic E-state index is 0. The van der Waals surface area contributed by atoms with E-state index in [1.54, 1.807) is 0 Å². The average Bonchev–Trinajstić information content (AvgIpc) is 3.02. The first kappa shape index (κ1) is 24.0. The highest BCUT2D eigenvalue weighted by Crippen LogP contribution is 2.24. The third-order valence-electron chi connectivity index (χ3n) is 4.67. The fourth-order valence-electron chi connectivity index (χ4n) is 3.03. The van der Waals surface area contributed by atoms with Crippen LogP contribution in [0.2, 0.25) is 5.02 Å². The van der Waals surface area contributed by atoms with Gasteiger partial charge >= 0.3 is 0 Å². The Morgan fingerprint density at radius 3 is 2.56 bits per heavy atom. The molecule has 1 fully saturated rings. The van der Waals surface area contributed by atoms with Crippen LogP contribution in [0.4, 0.5) is 0 Å². The van der Waals surface area contributed by atoms with Gasteiger partial charge < -0.3 is 15.5 Å². The molecule has 0 aliphatic carbocycles. The molecule has 0 spiro atoms. The van der Waals surface area contributed by atoms with Crippen molar-refractivity contribution in [2.45, 2.75) is 45.4 Å². The van der Waals surface area contributed by atoms with Gasteiger partial charge in [0.05, 0.1) is 6.54 Å². The Labute approximate surface area is 185 Å². The predicted molar refractivity (Wildman–Crippen MR) is 124 cm³/mol. The van der Waals surface area contributed by atoms with Gasteiger partial charge in [-0.25, -0.2) is 0 Å². The number of hydrogen-bond donors (Lipinski definition) is 2. The van der Waals surface area contributed by atoms with Crippen LogP contribution in [-0.4, -0.2) is 49.5 Å². The lowest BCUT2D eigenvalue weighted by molar-refractivity contribution is -0.127. The Balaban J connectivity index is 0.00000364. The van der Waals surface area contributed by atoms with Crippen LogP contribution in [0.15, 0.2) is 29.3 Å². The molecular weight excluding hydrogens is 475 g/mol. The quantitative estimate of drug-likeness (QED) is 0.244. The van der Waals surface area contributed by atoms with Crippen LogP contribution in [0.25, 0.3) is 0 Å². The van der Waals surface area contributed by atoms with E-state index in [4.69, 9.17) is 16.6 Å². The second-order valence-electron chi connectivity index (χ2n) is 7.35. The van der Waals surface area contributed by atoms with Crippen molar-refractivity contribution in [3.8, 4) is 0 Å². The molecule has 5 nitrogen and oxygen atoms in total. The third kappa shape index (κ3) is 7.86. The van der Waals surface area contributed by atoms with E-state index < -0.39 is 0 Å². The Morgan fingerprint density at radius 1 is 1.26 bits per heavy atom. The van der Waals surface area contributed by atoms with Crippen LogP contribution in [-0.2, 0) is 10.2 Å². The third-order valence-corrected chi connectivity index (χ3v) is 4.92. The molecule has 0 aromatic heterocycles. The van der Waals surface area contributed by atoms with Gasteiger partial charge in [-0.1, -0.05) is 37.6 Å². The number of halogens is 2. The molecule has 152 valence electrons. The summed E-state index contributed by atoms with van der Waals surface area (Å²) in [6.07, 6.45) is 2.63. The number of guanidine groups is 1. The van der Waals surface area contributed by atoms with E-state index in [1.807, 2.05) is 17.0 Å². The molecule has 1 amide bonds. The van der Waals surface area contributed by atoms with Gasteiger partial charge in [-0.3, -0.25) is 9.79 Å². The van der Waals surface area contributed by atoms with Crippen LogP contribution >= 0.6 is 35.6 Å². The van der Waals surface area contributed by atoms with Crippen molar-refractivity contribution in [1.29, 1.82) is 0 Å². The number of rotatable bonds is 8. The molecule has 0 bridgehead atoms. The molecule has 1 heterocycles. The fraction of sp³-hybridized carbons (Fsp3) is 0.600. The largest absolute Gasteiger partial charge is 0.357 e. The van der Waals surface area contributed by atoms with Crippen LogP contribution in [0.1, 0.15) is 45.6 Å². The van der Waals surface area contributed by atoms with Crippen LogP contribution in [0.5, 0.6) is 0 Å². The van der Waals surface area contributed by atoms with Gasteiger partial charge in [0.1, 0.15) is 0 Å². The lowest BCUT2D eigenvalue weighted by Crippen LogP contribution is -2.40. The van der Waals surface area contributed by atoms with Gasteiger partial charge in [0, 0.05) is 43.0 Å². The van der Waals surface area contributed by atoms with Gasteiger partial charge in [-0.05, 0) is 37.5 Å². The summed E-state index contributed by atoms with van der Waals surface area (Å²) in [5, 5.41) is 7.41. The van der Waals surface area contributed by atoms with E-state index in [0.717, 1.165) is 50.0 Å². The Bertz CT molecular complexity index is 619. The summed E-state index contributed by atoms with van der Waals surface area (Å²) in [7, 11) is 0. The highest BCUT2D eigenvalue weighted by Gasteiger charge is 2.21. The predicted octanol–water partition coefficient (Wildman–Crippen LogP) is 3.80. The van der Waals surface area contributed by atoms with Crippen molar-refractivity contribution in [1.82, 2.24) is 15.5 Å². The summed E-state index contributed by atoms with van der Waals surface area (Å²) in [5.41, 5.74) is 1.14. The van der Waals surface area contributed by atoms with Crippen molar-refractivity contribution < 1.29 is 4.79 Å². The molecule has 0 radical (unpaired) electrons. The van der Waals surface area contributed by atoms with Gasteiger partial charge in [0.2, 0.25) is 5.91 Å². The normalized spacial score (nSPS) is 14.9. The van der Waals surface area contributed by atoms with Crippen LogP contribution in [0, 0.1) is 0 Å². The smallest absolute Gasteiger partial charge is 0.222 e. The highest BCUT2D eigenvalue weighted by molar-refractivity contribution is 14.0. The molecule has 7 heteroatoms. The molecule has 0 atom stereocenters. The maximum Gasteiger partial charge on any atom is 0.222 e. The molecule has 2 rings (SSSR count). The number of carbonyl (C=O) groups is 1. The molecule has 0 unspecified atom stereocenters. The zero-order valence-corrected chi connectivity index (χ0v) is 19.6. The number of aliphatic imine (C=N–C) groups is 1. The van der Waals surface area contributed by atoms with E-state index in [0.29, 0.717) is 13.0 Å².